The molecule has 1 heterocycles. The second kappa shape index (κ2) is 9.19. The van der Waals surface area contributed by atoms with Gasteiger partial charge >= 0.3 is 0 Å². The summed E-state index contributed by atoms with van der Waals surface area (Å²) in [7, 11) is -1.80. The minimum absolute atomic E-state index is 0.111. The minimum atomic E-state index is -3.71. The van der Waals surface area contributed by atoms with E-state index in [0.29, 0.717) is 23.3 Å². The van der Waals surface area contributed by atoms with Crippen LogP contribution in [0.4, 0.5) is 5.69 Å². The molecule has 0 spiro atoms. The molecule has 0 fully saturated rings. The zero-order valence-electron chi connectivity index (χ0n) is 19.8. The Bertz CT molecular complexity index is 1520. The molecule has 0 radical (unpaired) electrons. The molecule has 0 atom stereocenters. The van der Waals surface area contributed by atoms with Crippen molar-refractivity contribution >= 4 is 32.7 Å². The van der Waals surface area contributed by atoms with Crippen molar-refractivity contribution in [3.8, 4) is 11.4 Å². The minimum Gasteiger partial charge on any atom is -0.352 e. The maximum Gasteiger partial charge on any atom is 0.261 e. The Labute approximate surface area is 205 Å². The van der Waals surface area contributed by atoms with Gasteiger partial charge in [-0.1, -0.05) is 18.2 Å². The molecule has 8 heteroatoms. The van der Waals surface area contributed by atoms with Crippen LogP contribution in [-0.4, -0.2) is 30.4 Å². The lowest BCUT2D eigenvalue weighted by Gasteiger charge is -2.17. The number of carbonyl (C=O) groups excluding carboxylic acids is 1. The maximum absolute atomic E-state index is 13.1. The molecule has 0 saturated heterocycles. The third kappa shape index (κ3) is 4.53. The second-order valence-electron chi connectivity index (χ2n) is 8.88. The van der Waals surface area contributed by atoms with Crippen molar-refractivity contribution < 1.29 is 13.2 Å². The van der Waals surface area contributed by atoms with Crippen LogP contribution in [0.5, 0.6) is 0 Å². The van der Waals surface area contributed by atoms with Crippen LogP contribution >= 0.6 is 0 Å². The summed E-state index contributed by atoms with van der Waals surface area (Å²) in [6.07, 6.45) is 4.18. The number of aromatic nitrogens is 2. The highest BCUT2D eigenvalue weighted by molar-refractivity contribution is 7.92. The van der Waals surface area contributed by atoms with Gasteiger partial charge in [0.15, 0.2) is 0 Å². The SMILES string of the molecule is CCNC(=O)c1ccc(-c2nc3cc(NS(=O)(=O)c4ccc5c(c4)CCCC5)ccc3n2C)cc1. The number of nitrogens with zero attached hydrogens (tertiary/aromatic N) is 2. The normalized spacial score (nSPS) is 13.4. The molecule has 0 aliphatic heterocycles. The number of sulfonamides is 1. The van der Waals surface area contributed by atoms with Crippen LogP contribution in [0, 0.1) is 0 Å². The molecular weight excluding hydrogens is 460 g/mol. The Morgan fingerprint density at radius 3 is 2.46 bits per heavy atom. The smallest absolute Gasteiger partial charge is 0.261 e. The number of carbonyl (C=O) groups is 1. The van der Waals surface area contributed by atoms with Crippen LogP contribution in [0.1, 0.15) is 41.3 Å². The summed E-state index contributed by atoms with van der Waals surface area (Å²) in [4.78, 5) is 17.1. The maximum atomic E-state index is 13.1. The number of fused-ring (bicyclic) bond motifs is 2. The monoisotopic (exact) mass is 488 g/mol. The molecule has 1 aromatic heterocycles. The van der Waals surface area contributed by atoms with E-state index in [2.05, 4.69) is 10.0 Å². The Hall–Kier alpha value is -3.65. The van der Waals surface area contributed by atoms with Crippen molar-refractivity contribution in [1.29, 1.82) is 0 Å². The molecule has 180 valence electrons. The molecule has 1 aliphatic carbocycles. The largest absolute Gasteiger partial charge is 0.352 e. The van der Waals surface area contributed by atoms with Gasteiger partial charge in [-0.3, -0.25) is 9.52 Å². The van der Waals surface area contributed by atoms with E-state index in [1.165, 1.54) is 5.56 Å². The highest BCUT2D eigenvalue weighted by Gasteiger charge is 2.19. The molecule has 0 saturated carbocycles. The Morgan fingerprint density at radius 1 is 0.971 bits per heavy atom. The number of aryl methyl sites for hydroxylation is 3. The number of hydrogen-bond donors (Lipinski definition) is 2. The van der Waals surface area contributed by atoms with E-state index < -0.39 is 10.0 Å². The van der Waals surface area contributed by atoms with Crippen LogP contribution in [0.2, 0.25) is 0 Å². The fourth-order valence-electron chi connectivity index (χ4n) is 4.65. The van der Waals surface area contributed by atoms with Gasteiger partial charge in [-0.2, -0.15) is 0 Å². The van der Waals surface area contributed by atoms with Gasteiger partial charge in [0, 0.05) is 24.7 Å². The molecule has 7 nitrogen and oxygen atoms in total. The highest BCUT2D eigenvalue weighted by Crippen LogP contribution is 2.28. The van der Waals surface area contributed by atoms with Gasteiger partial charge in [0.1, 0.15) is 5.82 Å². The summed E-state index contributed by atoms with van der Waals surface area (Å²) in [5.74, 6) is 0.622. The summed E-state index contributed by atoms with van der Waals surface area (Å²) >= 11 is 0. The first-order valence-corrected chi connectivity index (χ1v) is 13.3. The van der Waals surface area contributed by atoms with E-state index in [0.717, 1.165) is 48.2 Å². The Morgan fingerprint density at radius 2 is 1.71 bits per heavy atom. The second-order valence-corrected chi connectivity index (χ2v) is 10.6. The summed E-state index contributed by atoms with van der Waals surface area (Å²) in [6, 6.07) is 18.1. The summed E-state index contributed by atoms with van der Waals surface area (Å²) in [5.41, 5.74) is 5.86. The summed E-state index contributed by atoms with van der Waals surface area (Å²) < 4.78 is 30.8. The third-order valence-corrected chi connectivity index (χ3v) is 7.88. The van der Waals surface area contributed by atoms with Crippen molar-refractivity contribution in [3.63, 3.8) is 0 Å². The average Bonchev–Trinajstić information content (AvgIpc) is 3.19. The molecule has 0 unspecified atom stereocenters. The van der Waals surface area contributed by atoms with Crippen molar-refractivity contribution in [3.05, 3.63) is 77.4 Å². The lowest BCUT2D eigenvalue weighted by molar-refractivity contribution is 0.0956. The first kappa shape index (κ1) is 23.1. The van der Waals surface area contributed by atoms with Crippen LogP contribution < -0.4 is 10.0 Å². The van der Waals surface area contributed by atoms with Gasteiger partial charge < -0.3 is 9.88 Å². The number of rotatable bonds is 6. The Kier molecular flexibility index (Phi) is 6.06. The molecule has 35 heavy (non-hydrogen) atoms. The average molecular weight is 489 g/mol. The third-order valence-electron chi connectivity index (χ3n) is 6.51. The lowest BCUT2D eigenvalue weighted by atomic mass is 9.92. The quantitative estimate of drug-likeness (QED) is 0.413. The van der Waals surface area contributed by atoms with Crippen LogP contribution in [0.25, 0.3) is 22.4 Å². The van der Waals surface area contributed by atoms with Gasteiger partial charge in [0.2, 0.25) is 0 Å². The summed E-state index contributed by atoms with van der Waals surface area (Å²) in [5, 5.41) is 2.79. The first-order valence-electron chi connectivity index (χ1n) is 11.9. The van der Waals surface area contributed by atoms with Gasteiger partial charge in [-0.15, -0.1) is 0 Å². The highest BCUT2D eigenvalue weighted by atomic mass is 32.2. The lowest BCUT2D eigenvalue weighted by Crippen LogP contribution is -2.22. The summed E-state index contributed by atoms with van der Waals surface area (Å²) in [6.45, 7) is 2.46. The molecule has 2 N–H and O–H groups in total. The number of anilines is 1. The van der Waals surface area contributed by atoms with E-state index in [4.69, 9.17) is 4.98 Å². The van der Waals surface area contributed by atoms with Crippen LogP contribution in [-0.2, 0) is 29.9 Å². The zero-order chi connectivity index (χ0) is 24.6. The van der Waals surface area contributed by atoms with Gasteiger partial charge in [0.25, 0.3) is 15.9 Å². The van der Waals surface area contributed by atoms with Gasteiger partial charge in [-0.25, -0.2) is 13.4 Å². The van der Waals surface area contributed by atoms with Crippen molar-refractivity contribution in [2.75, 3.05) is 11.3 Å². The van der Waals surface area contributed by atoms with Crippen molar-refractivity contribution in [2.24, 2.45) is 7.05 Å². The number of nitrogens with one attached hydrogen (secondary N) is 2. The van der Waals surface area contributed by atoms with E-state index >= 15 is 0 Å². The van der Waals surface area contributed by atoms with E-state index in [-0.39, 0.29) is 10.8 Å². The van der Waals surface area contributed by atoms with Crippen molar-refractivity contribution in [1.82, 2.24) is 14.9 Å². The number of hydrogen-bond acceptors (Lipinski definition) is 4. The van der Waals surface area contributed by atoms with Crippen molar-refractivity contribution in [2.45, 2.75) is 37.5 Å². The zero-order valence-corrected chi connectivity index (χ0v) is 20.7. The molecule has 1 aliphatic rings. The van der Waals surface area contributed by atoms with E-state index in [1.807, 2.05) is 42.8 Å². The number of benzene rings is 3. The standard InChI is InChI=1S/C27H28N4O3S/c1-3-28-27(32)20-10-8-19(9-11-20)26-29-24-17-22(13-15-25(24)31(26)2)30-35(33,34)23-14-12-18-6-4-5-7-21(18)16-23/h8-17,30H,3-7H2,1-2H3,(H,28,32). The number of imidazole rings is 1. The molecule has 4 aromatic rings. The fourth-order valence-corrected chi connectivity index (χ4v) is 5.75. The first-order chi connectivity index (χ1) is 16.9. The van der Waals surface area contributed by atoms with Crippen LogP contribution in [0.3, 0.4) is 0 Å². The molecule has 3 aromatic carbocycles. The molecule has 1 amide bonds. The number of amides is 1. The predicted molar refractivity (Wildman–Crippen MR) is 138 cm³/mol. The topological polar surface area (TPSA) is 93.1 Å². The fraction of sp³-hybridized carbons (Fsp3) is 0.259. The Balaban J connectivity index is 1.42. The van der Waals surface area contributed by atoms with Crippen LogP contribution in [0.15, 0.2) is 65.6 Å². The van der Waals surface area contributed by atoms with Gasteiger partial charge in [-0.05, 0) is 86.2 Å². The van der Waals surface area contributed by atoms with Gasteiger partial charge in [0.05, 0.1) is 21.6 Å². The molecule has 0 bridgehead atoms. The van der Waals surface area contributed by atoms with E-state index in [1.54, 1.807) is 36.4 Å². The molecular formula is C27H28N4O3S. The predicted octanol–water partition coefficient (Wildman–Crippen LogP) is 4.67. The van der Waals surface area contributed by atoms with E-state index in [9.17, 15) is 13.2 Å². The molecule has 5 rings (SSSR count).